The molecule has 8 heavy (non-hydrogen) atoms. The van der Waals surface area contributed by atoms with Gasteiger partial charge >= 0.3 is 0 Å². The van der Waals surface area contributed by atoms with Crippen molar-refractivity contribution < 1.29 is 0 Å². The lowest BCUT2D eigenvalue weighted by molar-refractivity contribution is 1.22. The van der Waals surface area contributed by atoms with Gasteiger partial charge in [-0.3, -0.25) is 0 Å². The Labute approximate surface area is 62.6 Å². The van der Waals surface area contributed by atoms with Crippen LogP contribution in [-0.4, -0.2) is 16.0 Å². The first-order valence-corrected chi connectivity index (χ1v) is 6.71. The van der Waals surface area contributed by atoms with Gasteiger partial charge in [-0.25, -0.2) is 4.98 Å². The SMILES string of the molecule is CP(I)n1ccnc1. The first-order valence-electron chi connectivity index (χ1n) is 2.18. The Hall–Kier alpha value is 0.370. The molecule has 0 N–H and O–H groups in total. The van der Waals surface area contributed by atoms with Crippen molar-refractivity contribution in [3.63, 3.8) is 0 Å². The minimum absolute atomic E-state index is 0.0344. The van der Waals surface area contributed by atoms with Crippen LogP contribution in [0.25, 0.3) is 0 Å². The molecule has 0 aliphatic carbocycles. The fourth-order valence-electron chi connectivity index (χ4n) is 0.415. The Morgan fingerprint density at radius 1 is 1.75 bits per heavy atom. The summed E-state index contributed by atoms with van der Waals surface area (Å²) in [5, 5.41) is 0. The molecule has 1 rings (SSSR count). The molecule has 0 bridgehead atoms. The molecule has 0 aromatic carbocycles. The molecule has 2 nitrogen and oxygen atoms in total. The molecule has 0 saturated heterocycles. The highest BCUT2D eigenvalue weighted by Crippen LogP contribution is 2.41. The van der Waals surface area contributed by atoms with Crippen molar-refractivity contribution in [2.75, 3.05) is 6.66 Å². The number of halogens is 1. The maximum absolute atomic E-state index is 3.92. The third-order valence-corrected chi connectivity index (χ3v) is 3.18. The average molecular weight is 240 g/mol. The Morgan fingerprint density at radius 2 is 2.50 bits per heavy atom. The van der Waals surface area contributed by atoms with E-state index in [1.807, 2.05) is 12.5 Å². The van der Waals surface area contributed by atoms with E-state index >= 15 is 0 Å². The van der Waals surface area contributed by atoms with Gasteiger partial charge in [0.25, 0.3) is 0 Å². The second-order valence-electron chi connectivity index (χ2n) is 1.39. The molecule has 44 valence electrons. The molecular weight excluding hydrogens is 234 g/mol. The number of aromatic nitrogens is 2. The van der Waals surface area contributed by atoms with Crippen LogP contribution in [-0.2, 0) is 0 Å². The summed E-state index contributed by atoms with van der Waals surface area (Å²) in [7, 11) is 0. The zero-order valence-electron chi connectivity index (χ0n) is 4.45. The number of nitrogens with zero attached hydrogens (tertiary/aromatic N) is 2. The van der Waals surface area contributed by atoms with Crippen molar-refractivity contribution in [1.82, 2.24) is 9.32 Å². The highest BCUT2D eigenvalue weighted by Gasteiger charge is 1.92. The number of rotatable bonds is 1. The fraction of sp³-hybridized carbons (Fsp3) is 0.250. The Morgan fingerprint density at radius 3 is 2.75 bits per heavy atom. The molecule has 1 unspecified atom stereocenters. The summed E-state index contributed by atoms with van der Waals surface area (Å²) in [6, 6.07) is 0. The molecule has 0 saturated carbocycles. The predicted molar refractivity (Wildman–Crippen MR) is 44.5 cm³/mol. The third-order valence-electron chi connectivity index (χ3n) is 0.809. The zero-order valence-corrected chi connectivity index (χ0v) is 7.50. The van der Waals surface area contributed by atoms with Crippen molar-refractivity contribution in [2.24, 2.45) is 0 Å². The van der Waals surface area contributed by atoms with Crippen LogP contribution in [0.15, 0.2) is 18.7 Å². The molecule has 1 aromatic rings. The number of hydrogen-bond acceptors (Lipinski definition) is 1. The van der Waals surface area contributed by atoms with Gasteiger partial charge in [-0.2, -0.15) is 0 Å². The van der Waals surface area contributed by atoms with Crippen molar-refractivity contribution in [3.05, 3.63) is 18.7 Å². The van der Waals surface area contributed by atoms with E-state index in [9.17, 15) is 0 Å². The van der Waals surface area contributed by atoms with Gasteiger partial charge in [0.1, 0.15) is 0 Å². The lowest BCUT2D eigenvalue weighted by Crippen LogP contribution is -1.76. The van der Waals surface area contributed by atoms with Gasteiger partial charge in [0, 0.05) is 12.4 Å². The van der Waals surface area contributed by atoms with Gasteiger partial charge in [0.05, 0.1) is 12.0 Å². The number of imidazole rings is 1. The van der Waals surface area contributed by atoms with E-state index in [0.29, 0.717) is 0 Å². The van der Waals surface area contributed by atoms with Gasteiger partial charge in [-0.05, 0) is 28.7 Å². The van der Waals surface area contributed by atoms with E-state index in [2.05, 4.69) is 38.0 Å². The van der Waals surface area contributed by atoms with E-state index in [4.69, 9.17) is 0 Å². The van der Waals surface area contributed by atoms with Crippen LogP contribution < -0.4 is 0 Å². The smallest absolute Gasteiger partial charge is 0.0985 e. The van der Waals surface area contributed by atoms with E-state index in [1.54, 1.807) is 6.20 Å². The van der Waals surface area contributed by atoms with E-state index in [-0.39, 0.29) is 5.71 Å². The molecule has 1 heterocycles. The monoisotopic (exact) mass is 240 g/mol. The molecule has 0 spiro atoms. The number of hydrogen-bond donors (Lipinski definition) is 0. The second-order valence-corrected chi connectivity index (χ2v) is 6.93. The van der Waals surface area contributed by atoms with Gasteiger partial charge in [-0.15, -0.1) is 0 Å². The summed E-state index contributed by atoms with van der Waals surface area (Å²) in [5.41, 5.74) is -0.0344. The summed E-state index contributed by atoms with van der Waals surface area (Å²) < 4.78 is 2.11. The van der Waals surface area contributed by atoms with Crippen molar-refractivity contribution in [1.29, 1.82) is 0 Å². The largest absolute Gasteiger partial charge is 0.307 e. The normalized spacial score (nSPS) is 13.8. The average Bonchev–Trinajstić information content (AvgIpc) is 2.12. The van der Waals surface area contributed by atoms with Gasteiger partial charge in [0.2, 0.25) is 0 Å². The molecule has 0 radical (unpaired) electrons. The molecule has 1 aromatic heterocycles. The molecule has 1 atom stereocenters. The first-order chi connectivity index (χ1) is 3.80. The fourth-order valence-corrected chi connectivity index (χ4v) is 1.63. The second kappa shape index (κ2) is 2.78. The summed E-state index contributed by atoms with van der Waals surface area (Å²) in [6.07, 6.45) is 5.63. The standard InChI is InChI=1S/C4H6IN2P/c1-8(5)7-3-2-6-4-7/h2-4H,1H3. The summed E-state index contributed by atoms with van der Waals surface area (Å²) in [5.74, 6) is 0. The van der Waals surface area contributed by atoms with Crippen molar-refractivity contribution >= 4 is 27.8 Å². The van der Waals surface area contributed by atoms with Gasteiger partial charge in [-0.1, -0.05) is 0 Å². The van der Waals surface area contributed by atoms with Gasteiger partial charge < -0.3 is 4.34 Å². The van der Waals surface area contributed by atoms with E-state index < -0.39 is 0 Å². The maximum atomic E-state index is 3.92. The lowest BCUT2D eigenvalue weighted by Gasteiger charge is -2.00. The summed E-state index contributed by atoms with van der Waals surface area (Å²) in [4.78, 5) is 3.92. The quantitative estimate of drug-likeness (QED) is 0.543. The van der Waals surface area contributed by atoms with Crippen LogP contribution in [0.5, 0.6) is 0 Å². The molecule has 4 heteroatoms. The van der Waals surface area contributed by atoms with Crippen molar-refractivity contribution in [2.45, 2.75) is 0 Å². The minimum atomic E-state index is -0.0344. The van der Waals surface area contributed by atoms with E-state index in [0.717, 1.165) is 0 Å². The van der Waals surface area contributed by atoms with Crippen LogP contribution in [0.1, 0.15) is 0 Å². The Balaban J connectivity index is 2.77. The molecule has 0 fully saturated rings. The Bertz CT molecular complexity index is 149. The van der Waals surface area contributed by atoms with Crippen LogP contribution in [0, 0.1) is 0 Å². The van der Waals surface area contributed by atoms with Crippen LogP contribution in [0.3, 0.4) is 0 Å². The predicted octanol–water partition coefficient (Wildman–Crippen LogP) is 2.11. The molecule has 0 aliphatic heterocycles. The van der Waals surface area contributed by atoms with E-state index in [1.165, 1.54) is 0 Å². The van der Waals surface area contributed by atoms with Gasteiger partial charge in [0.15, 0.2) is 0 Å². The lowest BCUT2D eigenvalue weighted by atomic mass is 11.0. The maximum Gasteiger partial charge on any atom is 0.0985 e. The van der Waals surface area contributed by atoms with Crippen LogP contribution >= 0.6 is 27.8 Å². The third kappa shape index (κ3) is 1.42. The van der Waals surface area contributed by atoms with Crippen molar-refractivity contribution in [3.8, 4) is 0 Å². The van der Waals surface area contributed by atoms with Crippen LogP contribution in [0.4, 0.5) is 0 Å². The first kappa shape index (κ1) is 6.49. The highest BCUT2D eigenvalue weighted by atomic mass is 127. The summed E-state index contributed by atoms with van der Waals surface area (Å²) >= 11 is 2.39. The highest BCUT2D eigenvalue weighted by molar-refractivity contribution is 14.2. The molecular formula is C4H6IN2P. The summed E-state index contributed by atoms with van der Waals surface area (Å²) in [6.45, 7) is 2.18. The molecule has 0 aliphatic rings. The van der Waals surface area contributed by atoms with Crippen LogP contribution in [0.2, 0.25) is 0 Å². The zero-order chi connectivity index (χ0) is 5.98. The topological polar surface area (TPSA) is 17.8 Å². The minimum Gasteiger partial charge on any atom is -0.307 e. The Kier molecular flexibility index (Phi) is 2.26. The molecule has 0 amide bonds.